The number of furan rings is 1. The molecule has 0 saturated heterocycles. The third-order valence-electron chi connectivity index (χ3n) is 1.47. The molecule has 0 unspecified atom stereocenters. The maximum absolute atomic E-state index is 5.41. The second kappa shape index (κ2) is 2.66. The predicted molar refractivity (Wildman–Crippen MR) is 46.6 cm³/mol. The Morgan fingerprint density at radius 1 is 1.55 bits per heavy atom. The van der Waals surface area contributed by atoms with E-state index >= 15 is 0 Å². The van der Waals surface area contributed by atoms with Crippen molar-refractivity contribution in [2.45, 2.75) is 5.33 Å². The maximum atomic E-state index is 5.41. The van der Waals surface area contributed by atoms with Crippen molar-refractivity contribution in [2.24, 2.45) is 0 Å². The Bertz CT molecular complexity index is 336. The van der Waals surface area contributed by atoms with Gasteiger partial charge in [-0.05, 0) is 12.1 Å². The molecule has 0 aliphatic heterocycles. The fourth-order valence-electron chi connectivity index (χ4n) is 0.987. The maximum Gasteiger partial charge on any atom is 0.152 e. The molecule has 0 fully saturated rings. The fourth-order valence-corrected chi connectivity index (χ4v) is 1.26. The van der Waals surface area contributed by atoms with Crippen LogP contribution < -0.4 is 0 Å². The number of hydrogen-bond donors (Lipinski definition) is 0. The van der Waals surface area contributed by atoms with Crippen molar-refractivity contribution < 1.29 is 4.42 Å². The molecule has 0 atom stereocenters. The molecule has 0 spiro atoms. The Kier molecular flexibility index (Phi) is 1.66. The molecule has 56 valence electrons. The average molecular weight is 212 g/mol. The Morgan fingerprint density at radius 2 is 2.45 bits per heavy atom. The van der Waals surface area contributed by atoms with E-state index in [-0.39, 0.29) is 0 Å². The number of halogens is 1. The molecule has 0 saturated carbocycles. The van der Waals surface area contributed by atoms with Gasteiger partial charge >= 0.3 is 0 Å². The van der Waals surface area contributed by atoms with E-state index < -0.39 is 0 Å². The van der Waals surface area contributed by atoms with E-state index in [0.29, 0.717) is 0 Å². The monoisotopic (exact) mass is 211 g/mol. The average Bonchev–Trinajstić information content (AvgIpc) is 2.46. The van der Waals surface area contributed by atoms with E-state index in [0.717, 1.165) is 22.2 Å². The zero-order chi connectivity index (χ0) is 7.68. The van der Waals surface area contributed by atoms with Gasteiger partial charge in [0.05, 0.1) is 5.33 Å². The van der Waals surface area contributed by atoms with Gasteiger partial charge < -0.3 is 4.42 Å². The molecule has 3 heteroatoms. The van der Waals surface area contributed by atoms with Gasteiger partial charge in [-0.15, -0.1) is 0 Å². The molecule has 2 heterocycles. The summed E-state index contributed by atoms with van der Waals surface area (Å²) in [6.45, 7) is 0. The lowest BCUT2D eigenvalue weighted by Gasteiger charge is -1.82. The molecule has 2 rings (SSSR count). The molecular formula is C8H6BrNO. The van der Waals surface area contributed by atoms with Gasteiger partial charge in [0.2, 0.25) is 0 Å². The number of aromatic nitrogens is 1. The molecule has 2 aromatic heterocycles. The molecule has 0 amide bonds. The van der Waals surface area contributed by atoms with Gasteiger partial charge in [-0.25, -0.2) is 0 Å². The first-order valence-electron chi connectivity index (χ1n) is 3.29. The van der Waals surface area contributed by atoms with E-state index in [4.69, 9.17) is 4.42 Å². The summed E-state index contributed by atoms with van der Waals surface area (Å²) in [6, 6.07) is 5.71. The minimum absolute atomic E-state index is 0.739. The lowest BCUT2D eigenvalue weighted by Crippen LogP contribution is -1.67. The molecule has 0 aliphatic rings. The largest absolute Gasteiger partial charge is 0.458 e. The quantitative estimate of drug-likeness (QED) is 0.679. The Hall–Kier alpha value is -0.830. The number of pyridine rings is 1. The highest BCUT2D eigenvalue weighted by Gasteiger charge is 2.00. The molecule has 0 aliphatic carbocycles. The zero-order valence-corrected chi connectivity index (χ0v) is 7.34. The highest BCUT2D eigenvalue weighted by atomic mass is 79.9. The van der Waals surface area contributed by atoms with E-state index in [1.807, 2.05) is 18.2 Å². The van der Waals surface area contributed by atoms with Gasteiger partial charge in [0, 0.05) is 12.3 Å². The van der Waals surface area contributed by atoms with Gasteiger partial charge in [-0.1, -0.05) is 15.9 Å². The molecule has 0 N–H and O–H groups in total. The molecule has 11 heavy (non-hydrogen) atoms. The van der Waals surface area contributed by atoms with Crippen LogP contribution in [-0.4, -0.2) is 4.98 Å². The van der Waals surface area contributed by atoms with Gasteiger partial charge in [0.25, 0.3) is 0 Å². The molecule has 0 radical (unpaired) electrons. The van der Waals surface area contributed by atoms with Crippen molar-refractivity contribution in [1.29, 1.82) is 0 Å². The number of nitrogens with zero attached hydrogens (tertiary/aromatic N) is 1. The first-order valence-corrected chi connectivity index (χ1v) is 4.42. The second-order valence-corrected chi connectivity index (χ2v) is 2.79. The lowest BCUT2D eigenvalue weighted by atomic mass is 10.4. The molecule has 0 aromatic carbocycles. The van der Waals surface area contributed by atoms with Crippen LogP contribution in [0.15, 0.2) is 28.8 Å². The van der Waals surface area contributed by atoms with Crippen molar-refractivity contribution in [3.63, 3.8) is 0 Å². The summed E-state index contributed by atoms with van der Waals surface area (Å²) in [6.07, 6.45) is 1.76. The summed E-state index contributed by atoms with van der Waals surface area (Å²) in [5.74, 6) is 0.915. The summed E-state index contributed by atoms with van der Waals surface area (Å²) in [7, 11) is 0. The highest BCUT2D eigenvalue weighted by Crippen LogP contribution is 2.17. The first-order chi connectivity index (χ1) is 5.40. The van der Waals surface area contributed by atoms with Crippen molar-refractivity contribution in [2.75, 3.05) is 0 Å². The SMILES string of the molecule is BrCc1cc2ncccc2o1. The lowest BCUT2D eigenvalue weighted by molar-refractivity contribution is 0.575. The van der Waals surface area contributed by atoms with E-state index in [2.05, 4.69) is 20.9 Å². The van der Waals surface area contributed by atoms with Crippen LogP contribution in [0.3, 0.4) is 0 Å². The second-order valence-electron chi connectivity index (χ2n) is 2.23. The summed E-state index contributed by atoms with van der Waals surface area (Å²) >= 11 is 3.31. The van der Waals surface area contributed by atoms with Crippen molar-refractivity contribution in [3.05, 3.63) is 30.2 Å². The zero-order valence-electron chi connectivity index (χ0n) is 5.75. The van der Waals surface area contributed by atoms with Crippen molar-refractivity contribution >= 4 is 27.0 Å². The topological polar surface area (TPSA) is 26.0 Å². The number of hydrogen-bond acceptors (Lipinski definition) is 2. The highest BCUT2D eigenvalue weighted by molar-refractivity contribution is 9.08. The van der Waals surface area contributed by atoms with E-state index in [1.54, 1.807) is 6.20 Å². The summed E-state index contributed by atoms with van der Waals surface area (Å²) < 4.78 is 5.41. The van der Waals surface area contributed by atoms with Crippen LogP contribution in [0.25, 0.3) is 11.1 Å². The molecule has 2 aromatic rings. The Balaban J connectivity index is 2.69. The third kappa shape index (κ3) is 1.16. The van der Waals surface area contributed by atoms with Crippen LogP contribution in [0, 0.1) is 0 Å². The van der Waals surface area contributed by atoms with Gasteiger partial charge in [-0.3, -0.25) is 4.98 Å². The van der Waals surface area contributed by atoms with Crippen LogP contribution >= 0.6 is 15.9 Å². The smallest absolute Gasteiger partial charge is 0.152 e. The van der Waals surface area contributed by atoms with Crippen LogP contribution in [0.5, 0.6) is 0 Å². The van der Waals surface area contributed by atoms with Crippen LogP contribution in [-0.2, 0) is 5.33 Å². The Labute approximate surface area is 72.4 Å². The van der Waals surface area contributed by atoms with Gasteiger partial charge in [0.1, 0.15) is 11.3 Å². The summed E-state index contributed by atoms with van der Waals surface area (Å²) in [5, 5.41) is 0.739. The summed E-state index contributed by atoms with van der Waals surface area (Å²) in [5.41, 5.74) is 1.77. The van der Waals surface area contributed by atoms with Gasteiger partial charge in [-0.2, -0.15) is 0 Å². The Morgan fingerprint density at radius 3 is 3.18 bits per heavy atom. The van der Waals surface area contributed by atoms with Crippen LogP contribution in [0.2, 0.25) is 0 Å². The minimum atomic E-state index is 0.739. The minimum Gasteiger partial charge on any atom is -0.458 e. The predicted octanol–water partition coefficient (Wildman–Crippen LogP) is 2.72. The first kappa shape index (κ1) is 6.85. The third-order valence-corrected chi connectivity index (χ3v) is 2.02. The van der Waals surface area contributed by atoms with Crippen molar-refractivity contribution in [1.82, 2.24) is 4.98 Å². The van der Waals surface area contributed by atoms with E-state index in [9.17, 15) is 0 Å². The van der Waals surface area contributed by atoms with E-state index in [1.165, 1.54) is 0 Å². The summed E-state index contributed by atoms with van der Waals surface area (Å²) in [4.78, 5) is 4.14. The number of fused-ring (bicyclic) bond motifs is 1. The number of rotatable bonds is 1. The number of alkyl halides is 1. The van der Waals surface area contributed by atoms with Crippen LogP contribution in [0.4, 0.5) is 0 Å². The standard InChI is InChI=1S/C8H6BrNO/c9-5-6-4-7-8(11-6)2-1-3-10-7/h1-4H,5H2. The van der Waals surface area contributed by atoms with Gasteiger partial charge in [0.15, 0.2) is 5.58 Å². The normalized spacial score (nSPS) is 10.6. The molecule has 2 nitrogen and oxygen atoms in total. The van der Waals surface area contributed by atoms with Crippen molar-refractivity contribution in [3.8, 4) is 0 Å². The molecule has 0 bridgehead atoms. The van der Waals surface area contributed by atoms with Crippen LogP contribution in [0.1, 0.15) is 5.76 Å². The fraction of sp³-hybridized carbons (Fsp3) is 0.125. The molecular weight excluding hydrogens is 206 g/mol.